The highest BCUT2D eigenvalue weighted by Crippen LogP contribution is 2.11. The molecular formula is C11H18N2. The molecule has 1 N–H and O–H groups in total. The molecule has 0 unspecified atom stereocenters. The predicted molar refractivity (Wildman–Crippen MR) is 60.6 cm³/mol. The maximum atomic E-state index is 3.84. The van der Waals surface area contributed by atoms with E-state index in [1.54, 1.807) is 13.4 Å². The Morgan fingerprint density at radius 2 is 1.85 bits per heavy atom. The van der Waals surface area contributed by atoms with E-state index in [0.717, 1.165) is 5.69 Å². The lowest BCUT2D eigenvalue weighted by Gasteiger charge is -2.02. The molecule has 1 aromatic carbocycles. The number of anilines is 1. The third-order valence-electron chi connectivity index (χ3n) is 1.49. The van der Waals surface area contributed by atoms with Gasteiger partial charge in [0, 0.05) is 12.7 Å². The van der Waals surface area contributed by atoms with Crippen LogP contribution in [-0.4, -0.2) is 13.4 Å². The second-order valence-electron chi connectivity index (χ2n) is 2.35. The second-order valence-corrected chi connectivity index (χ2v) is 2.35. The number of benzene rings is 1. The molecule has 0 aliphatic rings. The Labute approximate surface area is 80.7 Å². The van der Waals surface area contributed by atoms with Gasteiger partial charge in [0.1, 0.15) is 0 Å². The van der Waals surface area contributed by atoms with Crippen molar-refractivity contribution < 1.29 is 0 Å². The minimum atomic E-state index is 1.11. The second kappa shape index (κ2) is 7.35. The van der Waals surface area contributed by atoms with Gasteiger partial charge in [-0.3, -0.25) is 4.99 Å². The average molecular weight is 178 g/mol. The smallest absolute Gasteiger partial charge is 0.0864 e. The van der Waals surface area contributed by atoms with Crippen LogP contribution in [0.15, 0.2) is 29.3 Å². The highest BCUT2D eigenvalue weighted by molar-refractivity contribution is 5.76. The molecule has 0 amide bonds. The van der Waals surface area contributed by atoms with E-state index in [-0.39, 0.29) is 0 Å². The number of hydrogen-bond acceptors (Lipinski definition) is 1. The number of aryl methyl sites for hydroxylation is 1. The third-order valence-corrected chi connectivity index (χ3v) is 1.49. The summed E-state index contributed by atoms with van der Waals surface area (Å²) in [6.45, 7) is 6.06. The molecular weight excluding hydrogens is 160 g/mol. The van der Waals surface area contributed by atoms with E-state index in [1.807, 2.05) is 32.0 Å². The predicted octanol–water partition coefficient (Wildman–Crippen LogP) is 3.09. The fourth-order valence-corrected chi connectivity index (χ4v) is 0.869. The standard InChI is InChI=1S/C9H12N2.C2H6/c1-8-5-3-4-6-9(8)11-7-10-2;1-2/h3-7H,1-2H3,(H,10,11);1-2H3. The molecule has 0 atom stereocenters. The zero-order valence-corrected chi connectivity index (χ0v) is 8.83. The summed E-state index contributed by atoms with van der Waals surface area (Å²) in [6, 6.07) is 8.10. The topological polar surface area (TPSA) is 24.4 Å². The molecule has 0 saturated heterocycles. The summed E-state index contributed by atoms with van der Waals surface area (Å²) < 4.78 is 0. The van der Waals surface area contributed by atoms with Gasteiger partial charge in [0.15, 0.2) is 0 Å². The summed E-state index contributed by atoms with van der Waals surface area (Å²) in [5.74, 6) is 0. The van der Waals surface area contributed by atoms with Crippen LogP contribution in [0, 0.1) is 6.92 Å². The molecule has 13 heavy (non-hydrogen) atoms. The summed E-state index contributed by atoms with van der Waals surface area (Å²) in [7, 11) is 1.74. The Morgan fingerprint density at radius 1 is 1.23 bits per heavy atom. The Hall–Kier alpha value is -1.31. The van der Waals surface area contributed by atoms with Crippen LogP contribution in [0.2, 0.25) is 0 Å². The van der Waals surface area contributed by atoms with Crippen molar-refractivity contribution in [2.75, 3.05) is 12.4 Å². The van der Waals surface area contributed by atoms with Gasteiger partial charge in [-0.25, -0.2) is 0 Å². The van der Waals surface area contributed by atoms with E-state index in [9.17, 15) is 0 Å². The molecule has 0 spiro atoms. The van der Waals surface area contributed by atoms with Crippen molar-refractivity contribution >= 4 is 12.0 Å². The molecule has 1 rings (SSSR count). The first-order valence-electron chi connectivity index (χ1n) is 4.57. The van der Waals surface area contributed by atoms with Gasteiger partial charge >= 0.3 is 0 Å². The first-order chi connectivity index (χ1) is 6.34. The summed E-state index contributed by atoms with van der Waals surface area (Å²) in [6.07, 6.45) is 1.68. The van der Waals surface area contributed by atoms with Gasteiger partial charge < -0.3 is 5.32 Å². The molecule has 0 aliphatic carbocycles. The van der Waals surface area contributed by atoms with Crippen molar-refractivity contribution in [2.24, 2.45) is 4.99 Å². The molecule has 0 saturated carbocycles. The van der Waals surface area contributed by atoms with Gasteiger partial charge in [0.25, 0.3) is 0 Å². The lowest BCUT2D eigenvalue weighted by Crippen LogP contribution is -1.95. The molecule has 72 valence electrons. The van der Waals surface area contributed by atoms with Gasteiger partial charge in [-0.1, -0.05) is 32.0 Å². The molecule has 2 nitrogen and oxygen atoms in total. The molecule has 0 radical (unpaired) electrons. The van der Waals surface area contributed by atoms with E-state index >= 15 is 0 Å². The number of nitrogens with one attached hydrogen (secondary N) is 1. The number of hydrogen-bond donors (Lipinski definition) is 1. The molecule has 2 heteroatoms. The van der Waals surface area contributed by atoms with Gasteiger partial charge in [-0.2, -0.15) is 0 Å². The SMILES string of the molecule is CC.CN=CNc1ccccc1C. The summed E-state index contributed by atoms with van der Waals surface area (Å²) in [5, 5.41) is 3.07. The fraction of sp³-hybridized carbons (Fsp3) is 0.364. The summed E-state index contributed by atoms with van der Waals surface area (Å²) in [4.78, 5) is 3.84. The summed E-state index contributed by atoms with van der Waals surface area (Å²) in [5.41, 5.74) is 2.34. The van der Waals surface area contributed by atoms with Crippen LogP contribution in [0.1, 0.15) is 19.4 Å². The third kappa shape index (κ3) is 4.31. The van der Waals surface area contributed by atoms with E-state index in [0.29, 0.717) is 0 Å². The number of rotatable bonds is 2. The van der Waals surface area contributed by atoms with E-state index < -0.39 is 0 Å². The largest absolute Gasteiger partial charge is 0.347 e. The Balaban J connectivity index is 0.000000671. The van der Waals surface area contributed by atoms with Crippen LogP contribution >= 0.6 is 0 Å². The molecule has 0 heterocycles. The van der Waals surface area contributed by atoms with Crippen molar-refractivity contribution in [1.82, 2.24) is 0 Å². The van der Waals surface area contributed by atoms with Crippen molar-refractivity contribution in [1.29, 1.82) is 0 Å². The van der Waals surface area contributed by atoms with Gasteiger partial charge in [-0.15, -0.1) is 0 Å². The van der Waals surface area contributed by atoms with Crippen molar-refractivity contribution in [3.05, 3.63) is 29.8 Å². The van der Waals surface area contributed by atoms with Gasteiger partial charge in [-0.05, 0) is 18.6 Å². The lowest BCUT2D eigenvalue weighted by molar-refractivity contribution is 1.43. The highest BCUT2D eigenvalue weighted by Gasteiger charge is 1.90. The normalized spacial score (nSPS) is 9.23. The van der Waals surface area contributed by atoms with E-state index in [1.165, 1.54) is 5.56 Å². The van der Waals surface area contributed by atoms with Crippen LogP contribution in [0.5, 0.6) is 0 Å². The minimum Gasteiger partial charge on any atom is -0.347 e. The number of aliphatic imine (C=N–C) groups is 1. The fourth-order valence-electron chi connectivity index (χ4n) is 0.869. The summed E-state index contributed by atoms with van der Waals surface area (Å²) >= 11 is 0. The highest BCUT2D eigenvalue weighted by atomic mass is 14.9. The molecule has 0 aliphatic heterocycles. The molecule has 0 bridgehead atoms. The molecule has 0 fully saturated rings. The van der Waals surface area contributed by atoms with Crippen molar-refractivity contribution in [3.8, 4) is 0 Å². The maximum Gasteiger partial charge on any atom is 0.0864 e. The van der Waals surface area contributed by atoms with Gasteiger partial charge in [0.05, 0.1) is 6.34 Å². The first-order valence-corrected chi connectivity index (χ1v) is 4.57. The van der Waals surface area contributed by atoms with Gasteiger partial charge in [0.2, 0.25) is 0 Å². The van der Waals surface area contributed by atoms with E-state index in [2.05, 4.69) is 23.3 Å². The first kappa shape index (κ1) is 11.7. The average Bonchev–Trinajstić information content (AvgIpc) is 2.20. The van der Waals surface area contributed by atoms with Crippen LogP contribution < -0.4 is 5.32 Å². The number of para-hydroxylation sites is 1. The van der Waals surface area contributed by atoms with Crippen LogP contribution in [-0.2, 0) is 0 Å². The maximum absolute atomic E-state index is 3.84. The van der Waals surface area contributed by atoms with Crippen LogP contribution in [0.4, 0.5) is 5.69 Å². The lowest BCUT2D eigenvalue weighted by atomic mass is 10.2. The zero-order chi connectivity index (χ0) is 10.1. The van der Waals surface area contributed by atoms with Crippen molar-refractivity contribution in [3.63, 3.8) is 0 Å². The monoisotopic (exact) mass is 178 g/mol. The quantitative estimate of drug-likeness (QED) is 0.546. The van der Waals surface area contributed by atoms with Crippen LogP contribution in [0.25, 0.3) is 0 Å². The van der Waals surface area contributed by atoms with E-state index in [4.69, 9.17) is 0 Å². The Kier molecular flexibility index (Phi) is 6.60. The van der Waals surface area contributed by atoms with Crippen molar-refractivity contribution in [2.45, 2.75) is 20.8 Å². The number of nitrogens with zero attached hydrogens (tertiary/aromatic N) is 1. The molecule has 1 aromatic rings. The minimum absolute atomic E-state index is 1.11. The molecule has 0 aromatic heterocycles. The Bertz CT molecular complexity index is 254. The Morgan fingerprint density at radius 3 is 2.38 bits per heavy atom. The van der Waals surface area contributed by atoms with Crippen LogP contribution in [0.3, 0.4) is 0 Å². The zero-order valence-electron chi connectivity index (χ0n) is 8.83.